The fraction of sp³-hybridized carbons (Fsp3) is 0.923. The molecule has 0 aromatic rings. The molecule has 0 saturated heterocycles. The lowest BCUT2D eigenvalue weighted by molar-refractivity contribution is -0.299. The zero-order valence-corrected chi connectivity index (χ0v) is 22.7. The molecule has 1 N–H and O–H groups in total. The van der Waals surface area contributed by atoms with Crippen LogP contribution in [0.1, 0.15) is 99.3 Å². The van der Waals surface area contributed by atoms with Crippen molar-refractivity contribution in [1.29, 1.82) is 0 Å². The zero-order valence-electron chi connectivity index (χ0n) is 22.7. The summed E-state index contributed by atoms with van der Waals surface area (Å²) < 4.78 is 89.8. The molecule has 0 radical (unpaired) electrons. The summed E-state index contributed by atoms with van der Waals surface area (Å²) in [5.74, 6) is -4.27. The van der Waals surface area contributed by atoms with Crippen molar-refractivity contribution in [1.82, 2.24) is 0 Å². The fourth-order valence-electron chi connectivity index (χ4n) is 5.15. The molecule has 0 spiro atoms. The van der Waals surface area contributed by atoms with Gasteiger partial charge < -0.3 is 14.6 Å². The quantitative estimate of drug-likeness (QED) is 0.207. The number of carbonyl (C=O) groups is 2. The highest BCUT2D eigenvalue weighted by Gasteiger charge is 2.62. The maximum atomic E-state index is 14.0. The Morgan fingerprint density at radius 2 is 1.51 bits per heavy atom. The van der Waals surface area contributed by atoms with E-state index in [9.17, 15) is 41.0 Å². The van der Waals surface area contributed by atoms with Crippen molar-refractivity contribution < 1.29 is 50.5 Å². The standard InChI is InChI=1S/C26H42F6O5/c1-7-22(5,16-18(4)20(33)36-14-13-25(27,28)29)21(34)37-24(11-9-8-10-12-24)19(15-17(2)3)23(6,35)26(30,31)32/h17-19,35H,7-16H2,1-6H3. The van der Waals surface area contributed by atoms with E-state index in [2.05, 4.69) is 0 Å². The molecule has 0 heterocycles. The van der Waals surface area contributed by atoms with Crippen molar-refractivity contribution in [2.75, 3.05) is 6.61 Å². The van der Waals surface area contributed by atoms with Gasteiger partial charge in [0.1, 0.15) is 5.60 Å². The van der Waals surface area contributed by atoms with Crippen molar-refractivity contribution in [3.05, 3.63) is 0 Å². The third-order valence-electron chi connectivity index (χ3n) is 7.65. The molecular formula is C26H42F6O5. The molecule has 37 heavy (non-hydrogen) atoms. The lowest BCUT2D eigenvalue weighted by Crippen LogP contribution is -2.60. The number of aliphatic hydroxyl groups is 1. The van der Waals surface area contributed by atoms with Crippen LogP contribution in [0.4, 0.5) is 26.3 Å². The Labute approximate surface area is 215 Å². The van der Waals surface area contributed by atoms with Gasteiger partial charge in [-0.3, -0.25) is 9.59 Å². The van der Waals surface area contributed by atoms with E-state index < -0.39 is 65.8 Å². The largest absolute Gasteiger partial charge is 0.465 e. The van der Waals surface area contributed by atoms with Crippen molar-refractivity contribution in [2.45, 2.75) is 123 Å². The molecule has 1 aliphatic carbocycles. The molecule has 5 nitrogen and oxygen atoms in total. The normalized spacial score (nSPS) is 21.5. The molecule has 0 aromatic carbocycles. The molecule has 4 atom stereocenters. The lowest BCUT2D eigenvalue weighted by atomic mass is 9.65. The summed E-state index contributed by atoms with van der Waals surface area (Å²) in [4.78, 5) is 25.8. The molecule has 0 bridgehead atoms. The highest BCUT2D eigenvalue weighted by atomic mass is 19.4. The Bertz CT molecular complexity index is 756. The first-order valence-electron chi connectivity index (χ1n) is 13.0. The molecule has 0 aromatic heterocycles. The van der Waals surface area contributed by atoms with Crippen molar-refractivity contribution >= 4 is 11.9 Å². The van der Waals surface area contributed by atoms with Crippen molar-refractivity contribution in [2.24, 2.45) is 23.2 Å². The van der Waals surface area contributed by atoms with Crippen LogP contribution < -0.4 is 0 Å². The minimum atomic E-state index is -4.95. The summed E-state index contributed by atoms with van der Waals surface area (Å²) in [6, 6.07) is 0. The van der Waals surface area contributed by atoms with Crippen LogP contribution in [0.15, 0.2) is 0 Å². The third kappa shape index (κ3) is 9.03. The second-order valence-electron chi connectivity index (χ2n) is 11.4. The Morgan fingerprint density at radius 3 is 1.95 bits per heavy atom. The molecule has 4 unspecified atom stereocenters. The van der Waals surface area contributed by atoms with E-state index >= 15 is 0 Å². The molecule has 0 aliphatic heterocycles. The Morgan fingerprint density at radius 1 is 0.973 bits per heavy atom. The SMILES string of the molecule is CCC(C)(CC(C)C(=O)OCCC(F)(F)F)C(=O)OC1(C(CC(C)C)C(C)(O)C(F)(F)F)CCCCC1. The summed E-state index contributed by atoms with van der Waals surface area (Å²) >= 11 is 0. The topological polar surface area (TPSA) is 72.8 Å². The number of carbonyl (C=O) groups excluding carboxylic acids is 2. The van der Waals surface area contributed by atoms with E-state index in [0.717, 1.165) is 13.3 Å². The van der Waals surface area contributed by atoms with E-state index in [4.69, 9.17) is 9.47 Å². The van der Waals surface area contributed by atoms with E-state index in [-0.39, 0.29) is 38.0 Å². The first-order valence-corrected chi connectivity index (χ1v) is 13.0. The number of hydrogen-bond acceptors (Lipinski definition) is 5. The Balaban J connectivity index is 3.22. The van der Waals surface area contributed by atoms with Gasteiger partial charge in [-0.1, -0.05) is 34.1 Å². The first kappa shape index (κ1) is 33.5. The highest BCUT2D eigenvalue weighted by molar-refractivity contribution is 5.79. The average Bonchev–Trinajstić information content (AvgIpc) is 2.75. The minimum Gasteiger partial charge on any atom is -0.465 e. The molecule has 218 valence electrons. The van der Waals surface area contributed by atoms with Gasteiger partial charge in [-0.25, -0.2) is 0 Å². The van der Waals surface area contributed by atoms with Gasteiger partial charge in [-0.2, -0.15) is 26.3 Å². The first-order chi connectivity index (χ1) is 16.7. The highest BCUT2D eigenvalue weighted by Crippen LogP contribution is 2.51. The predicted molar refractivity (Wildman–Crippen MR) is 125 cm³/mol. The number of esters is 2. The van der Waals surface area contributed by atoms with Gasteiger partial charge in [0.05, 0.1) is 24.4 Å². The molecule has 1 aliphatic rings. The number of ether oxygens (including phenoxy) is 2. The van der Waals surface area contributed by atoms with E-state index in [0.29, 0.717) is 12.8 Å². The van der Waals surface area contributed by atoms with Crippen molar-refractivity contribution in [3.8, 4) is 0 Å². The number of alkyl halides is 6. The fourth-order valence-corrected chi connectivity index (χ4v) is 5.15. The van der Waals surface area contributed by atoms with E-state index in [1.54, 1.807) is 20.8 Å². The second kappa shape index (κ2) is 12.6. The maximum Gasteiger partial charge on any atom is 0.417 e. The van der Waals surface area contributed by atoms with Crippen LogP contribution in [0, 0.1) is 23.2 Å². The number of halogens is 6. The van der Waals surface area contributed by atoms with Gasteiger partial charge in [-0.15, -0.1) is 0 Å². The third-order valence-corrected chi connectivity index (χ3v) is 7.65. The monoisotopic (exact) mass is 548 g/mol. The lowest BCUT2D eigenvalue weighted by Gasteiger charge is -2.50. The molecular weight excluding hydrogens is 506 g/mol. The molecule has 1 saturated carbocycles. The van der Waals surface area contributed by atoms with Crippen LogP contribution in [-0.2, 0) is 19.1 Å². The maximum absolute atomic E-state index is 14.0. The summed E-state index contributed by atoms with van der Waals surface area (Å²) in [7, 11) is 0. The summed E-state index contributed by atoms with van der Waals surface area (Å²) in [5.41, 5.74) is -5.96. The molecule has 11 heteroatoms. The van der Waals surface area contributed by atoms with Gasteiger partial charge >= 0.3 is 24.3 Å². The van der Waals surface area contributed by atoms with Crippen LogP contribution in [0.3, 0.4) is 0 Å². The number of rotatable bonds is 12. The minimum absolute atomic E-state index is 0.0233. The molecule has 0 amide bonds. The van der Waals surface area contributed by atoms with Crippen LogP contribution in [0.5, 0.6) is 0 Å². The van der Waals surface area contributed by atoms with Gasteiger partial charge in [0.15, 0.2) is 5.60 Å². The van der Waals surface area contributed by atoms with Crippen LogP contribution in [0.2, 0.25) is 0 Å². The van der Waals surface area contributed by atoms with Crippen LogP contribution in [0.25, 0.3) is 0 Å². The smallest absolute Gasteiger partial charge is 0.417 e. The predicted octanol–water partition coefficient (Wildman–Crippen LogP) is 7.15. The van der Waals surface area contributed by atoms with E-state index in [1.807, 2.05) is 0 Å². The van der Waals surface area contributed by atoms with Gasteiger partial charge in [0, 0.05) is 5.92 Å². The van der Waals surface area contributed by atoms with E-state index in [1.165, 1.54) is 13.8 Å². The number of hydrogen-bond donors (Lipinski definition) is 1. The van der Waals surface area contributed by atoms with Gasteiger partial charge in [0.25, 0.3) is 0 Å². The van der Waals surface area contributed by atoms with Gasteiger partial charge in [0.2, 0.25) is 0 Å². The molecule has 1 fully saturated rings. The average molecular weight is 549 g/mol. The van der Waals surface area contributed by atoms with Crippen LogP contribution in [-0.4, -0.2) is 47.2 Å². The Hall–Kier alpha value is -1.52. The summed E-state index contributed by atoms with van der Waals surface area (Å²) in [5, 5.41) is 10.8. The summed E-state index contributed by atoms with van der Waals surface area (Å²) in [6.45, 7) is 7.96. The van der Waals surface area contributed by atoms with Gasteiger partial charge in [-0.05, 0) is 64.7 Å². The van der Waals surface area contributed by atoms with Crippen molar-refractivity contribution in [3.63, 3.8) is 0 Å². The Kier molecular flexibility index (Phi) is 11.4. The zero-order chi connectivity index (χ0) is 28.9. The van der Waals surface area contributed by atoms with Crippen LogP contribution >= 0.6 is 0 Å². The second-order valence-corrected chi connectivity index (χ2v) is 11.4. The molecule has 1 rings (SSSR count). The summed E-state index contributed by atoms with van der Waals surface area (Å²) in [6.07, 6.45) is -8.55.